The Balaban J connectivity index is 2.18. The molecular weight excluding hydrogens is 386 g/mol. The Bertz CT molecular complexity index is 1150. The number of likely N-dealkylation sites (N-methyl/N-ethyl adjacent to an activating group) is 1. The number of rotatable bonds is 3. The number of pyridine rings is 1. The number of ether oxygens (including phenoxy) is 2. The van der Waals surface area contributed by atoms with E-state index >= 15 is 0 Å². The molecule has 2 atom stereocenters. The molecule has 1 spiro atoms. The van der Waals surface area contributed by atoms with E-state index in [9.17, 15) is 14.4 Å². The van der Waals surface area contributed by atoms with Gasteiger partial charge < -0.3 is 18.9 Å². The maximum Gasteiger partial charge on any atom is 0.320 e. The number of aryl methyl sites for hydroxylation is 1. The lowest BCUT2D eigenvalue weighted by molar-refractivity contribution is -0.150. The maximum atomic E-state index is 14.0. The molecule has 8 heteroatoms. The van der Waals surface area contributed by atoms with Crippen molar-refractivity contribution in [3.63, 3.8) is 0 Å². The van der Waals surface area contributed by atoms with E-state index in [1.807, 2.05) is 6.92 Å². The van der Waals surface area contributed by atoms with Crippen molar-refractivity contribution in [1.29, 1.82) is 5.41 Å². The van der Waals surface area contributed by atoms with E-state index in [-0.39, 0.29) is 17.9 Å². The summed E-state index contributed by atoms with van der Waals surface area (Å²) in [7, 11) is 1.61. The highest BCUT2D eigenvalue weighted by molar-refractivity contribution is 6.18. The molecule has 0 saturated carbocycles. The highest BCUT2D eigenvalue weighted by atomic mass is 16.5. The largest absolute Gasteiger partial charge is 0.465 e. The maximum absolute atomic E-state index is 14.0. The Morgan fingerprint density at radius 3 is 2.63 bits per heavy atom. The molecule has 2 aromatic rings. The molecule has 0 radical (unpaired) electrons. The van der Waals surface area contributed by atoms with E-state index in [0.717, 1.165) is 0 Å². The SMILES string of the molecule is CCOC(=O)C1C(=N)Oc2cc(C)n(C)c(=O)c2C12C(=O)N(CC)c1ccccc12. The summed E-state index contributed by atoms with van der Waals surface area (Å²) in [5, 5.41) is 8.52. The van der Waals surface area contributed by atoms with Crippen LogP contribution < -0.4 is 15.2 Å². The van der Waals surface area contributed by atoms with Crippen molar-refractivity contribution in [3.8, 4) is 5.75 Å². The van der Waals surface area contributed by atoms with Crippen LogP contribution in [0.1, 0.15) is 30.7 Å². The lowest BCUT2D eigenvalue weighted by atomic mass is 9.64. The third-order valence-electron chi connectivity index (χ3n) is 5.98. The average molecular weight is 409 g/mol. The fourth-order valence-corrected chi connectivity index (χ4v) is 4.58. The van der Waals surface area contributed by atoms with Crippen molar-refractivity contribution < 1.29 is 19.1 Å². The van der Waals surface area contributed by atoms with Crippen LogP contribution in [0.25, 0.3) is 0 Å². The van der Waals surface area contributed by atoms with Crippen LogP contribution >= 0.6 is 0 Å². The second-order valence-electron chi connectivity index (χ2n) is 7.42. The van der Waals surface area contributed by atoms with Gasteiger partial charge in [-0.1, -0.05) is 18.2 Å². The first-order chi connectivity index (χ1) is 14.3. The molecule has 0 bridgehead atoms. The van der Waals surface area contributed by atoms with E-state index < -0.39 is 34.7 Å². The lowest BCUT2D eigenvalue weighted by Crippen LogP contribution is -2.58. The quantitative estimate of drug-likeness (QED) is 0.780. The minimum absolute atomic E-state index is 0.0676. The molecule has 30 heavy (non-hydrogen) atoms. The zero-order chi connectivity index (χ0) is 21.8. The number of esters is 1. The van der Waals surface area contributed by atoms with Gasteiger partial charge in [0.25, 0.3) is 5.56 Å². The first-order valence-electron chi connectivity index (χ1n) is 9.86. The summed E-state index contributed by atoms with van der Waals surface area (Å²) in [5.74, 6) is -2.88. The lowest BCUT2D eigenvalue weighted by Gasteiger charge is -2.39. The monoisotopic (exact) mass is 409 g/mol. The summed E-state index contributed by atoms with van der Waals surface area (Å²) in [6, 6.07) is 8.69. The summed E-state index contributed by atoms with van der Waals surface area (Å²) >= 11 is 0. The first kappa shape index (κ1) is 19.9. The second kappa shape index (κ2) is 6.83. The van der Waals surface area contributed by atoms with Gasteiger partial charge in [-0.15, -0.1) is 0 Å². The third-order valence-corrected chi connectivity index (χ3v) is 5.98. The number of para-hydroxylation sites is 1. The standard InChI is InChI=1S/C22H23N3O5/c1-5-25-14-10-8-7-9-13(14)22(21(25)28)16-15(11-12(3)24(4)19(16)26)30-18(23)17(22)20(27)29-6-2/h7-11,17,23H,5-6H2,1-4H3. The molecule has 1 aromatic carbocycles. The number of anilines is 1. The molecule has 3 heterocycles. The van der Waals surface area contributed by atoms with Crippen molar-refractivity contribution in [1.82, 2.24) is 4.57 Å². The molecule has 2 aliphatic heterocycles. The number of hydrogen-bond acceptors (Lipinski definition) is 6. The fraction of sp³-hybridized carbons (Fsp3) is 0.364. The van der Waals surface area contributed by atoms with Gasteiger partial charge in [-0.2, -0.15) is 0 Å². The molecule has 0 fully saturated rings. The molecule has 4 rings (SSSR count). The average Bonchev–Trinajstić information content (AvgIpc) is 2.95. The first-order valence-corrected chi connectivity index (χ1v) is 9.86. The molecule has 2 aliphatic rings. The van der Waals surface area contributed by atoms with Gasteiger partial charge in [0.15, 0.2) is 5.92 Å². The van der Waals surface area contributed by atoms with Gasteiger partial charge in [0.05, 0.1) is 12.2 Å². The third kappa shape index (κ3) is 2.33. The molecule has 1 N–H and O–H groups in total. The highest BCUT2D eigenvalue weighted by Crippen LogP contribution is 2.54. The Morgan fingerprint density at radius 1 is 1.27 bits per heavy atom. The number of hydrogen-bond donors (Lipinski definition) is 1. The Kier molecular flexibility index (Phi) is 4.52. The van der Waals surface area contributed by atoms with Gasteiger partial charge in [-0.3, -0.25) is 19.8 Å². The molecular formula is C22H23N3O5. The Hall–Kier alpha value is -3.42. The molecule has 156 valence electrons. The van der Waals surface area contributed by atoms with Crippen LogP contribution in [0.2, 0.25) is 0 Å². The second-order valence-corrected chi connectivity index (χ2v) is 7.42. The van der Waals surface area contributed by atoms with Crippen molar-refractivity contribution in [2.75, 3.05) is 18.1 Å². The molecule has 2 unspecified atom stereocenters. The normalized spacial score (nSPS) is 22.0. The van der Waals surface area contributed by atoms with Gasteiger partial charge in [0, 0.05) is 31.0 Å². The van der Waals surface area contributed by atoms with Crippen molar-refractivity contribution in [2.24, 2.45) is 13.0 Å². The van der Waals surface area contributed by atoms with E-state index in [1.165, 1.54) is 4.57 Å². The topological polar surface area (TPSA) is 102 Å². The summed E-state index contributed by atoms with van der Waals surface area (Å²) in [5.41, 5.74) is -0.354. The van der Waals surface area contributed by atoms with Crippen LogP contribution in [-0.4, -0.2) is 35.5 Å². The predicted molar refractivity (Wildman–Crippen MR) is 110 cm³/mol. The molecule has 0 saturated heterocycles. The van der Waals surface area contributed by atoms with Gasteiger partial charge in [-0.05, 0) is 32.4 Å². The van der Waals surface area contributed by atoms with Gasteiger partial charge in [0.1, 0.15) is 11.2 Å². The Morgan fingerprint density at radius 2 is 1.97 bits per heavy atom. The number of fused-ring (bicyclic) bond motifs is 4. The summed E-state index contributed by atoms with van der Waals surface area (Å²) < 4.78 is 12.3. The van der Waals surface area contributed by atoms with Crippen LogP contribution in [0.4, 0.5) is 5.69 Å². The number of nitrogens with zero attached hydrogens (tertiary/aromatic N) is 2. The minimum atomic E-state index is -1.72. The molecule has 0 aliphatic carbocycles. The van der Waals surface area contributed by atoms with E-state index in [1.54, 1.807) is 56.1 Å². The number of nitrogens with one attached hydrogen (secondary N) is 1. The highest BCUT2D eigenvalue weighted by Gasteiger charge is 2.65. The van der Waals surface area contributed by atoms with Crippen LogP contribution in [0.3, 0.4) is 0 Å². The molecule has 1 aromatic heterocycles. The van der Waals surface area contributed by atoms with Crippen LogP contribution in [0.5, 0.6) is 5.75 Å². The van der Waals surface area contributed by atoms with Crippen molar-refractivity contribution in [3.05, 3.63) is 57.5 Å². The zero-order valence-electron chi connectivity index (χ0n) is 17.3. The van der Waals surface area contributed by atoms with Crippen molar-refractivity contribution >= 4 is 23.5 Å². The minimum Gasteiger partial charge on any atom is -0.465 e. The summed E-state index contributed by atoms with van der Waals surface area (Å²) in [6.07, 6.45) is 0. The predicted octanol–water partition coefficient (Wildman–Crippen LogP) is 1.90. The molecule has 1 amide bonds. The number of benzene rings is 1. The fourth-order valence-electron chi connectivity index (χ4n) is 4.58. The number of aromatic nitrogens is 1. The zero-order valence-corrected chi connectivity index (χ0v) is 17.3. The number of amides is 1. The number of carbonyl (C=O) groups excluding carboxylic acids is 2. The van der Waals surface area contributed by atoms with Crippen LogP contribution in [0.15, 0.2) is 35.1 Å². The summed E-state index contributed by atoms with van der Waals surface area (Å²) in [6.45, 7) is 5.64. The van der Waals surface area contributed by atoms with Gasteiger partial charge >= 0.3 is 5.97 Å². The van der Waals surface area contributed by atoms with E-state index in [2.05, 4.69) is 0 Å². The van der Waals surface area contributed by atoms with E-state index in [4.69, 9.17) is 14.9 Å². The number of carbonyl (C=O) groups is 2. The van der Waals surface area contributed by atoms with E-state index in [0.29, 0.717) is 23.5 Å². The van der Waals surface area contributed by atoms with Crippen molar-refractivity contribution in [2.45, 2.75) is 26.2 Å². The van der Waals surface area contributed by atoms with Gasteiger partial charge in [-0.25, -0.2) is 0 Å². The summed E-state index contributed by atoms with van der Waals surface area (Å²) in [4.78, 5) is 42.0. The molecule has 8 nitrogen and oxygen atoms in total. The van der Waals surface area contributed by atoms with Crippen LogP contribution in [-0.2, 0) is 26.8 Å². The van der Waals surface area contributed by atoms with Gasteiger partial charge in [0.2, 0.25) is 11.8 Å². The van der Waals surface area contributed by atoms with Crippen LogP contribution in [0, 0.1) is 18.3 Å². The smallest absolute Gasteiger partial charge is 0.320 e. The Labute approximate surface area is 173 Å².